The Morgan fingerprint density at radius 3 is 2.10 bits per heavy atom. The van der Waals surface area contributed by atoms with E-state index in [2.05, 4.69) is 43.3 Å². The van der Waals surface area contributed by atoms with E-state index in [-0.39, 0.29) is 6.04 Å². The number of benzene rings is 2. The fourth-order valence-electron chi connectivity index (χ4n) is 2.25. The Balaban J connectivity index is 2.15. The monoisotopic (exact) mass is 294 g/mol. The summed E-state index contributed by atoms with van der Waals surface area (Å²) in [5, 5.41) is 1.01. The SMILES string of the molecule is CCC(N)c1nc(-c2ccccc2)c(-c2ccccc2)s1. The van der Waals surface area contributed by atoms with Crippen LogP contribution in [-0.4, -0.2) is 4.98 Å². The van der Waals surface area contributed by atoms with Crippen LogP contribution in [0.2, 0.25) is 0 Å². The number of aromatic nitrogens is 1. The van der Waals surface area contributed by atoms with Gasteiger partial charge >= 0.3 is 0 Å². The zero-order chi connectivity index (χ0) is 14.7. The van der Waals surface area contributed by atoms with E-state index in [1.165, 1.54) is 10.4 Å². The van der Waals surface area contributed by atoms with Crippen LogP contribution in [0.5, 0.6) is 0 Å². The van der Waals surface area contributed by atoms with Gasteiger partial charge in [0.25, 0.3) is 0 Å². The molecule has 1 atom stereocenters. The van der Waals surface area contributed by atoms with Crippen molar-refractivity contribution >= 4 is 11.3 Å². The van der Waals surface area contributed by atoms with Gasteiger partial charge in [0.1, 0.15) is 5.01 Å². The van der Waals surface area contributed by atoms with Crippen molar-refractivity contribution in [1.82, 2.24) is 4.98 Å². The lowest BCUT2D eigenvalue weighted by Gasteiger charge is -2.02. The predicted octanol–water partition coefficient (Wildman–Crippen LogP) is 4.89. The summed E-state index contributed by atoms with van der Waals surface area (Å²) in [4.78, 5) is 6.02. The Labute approximate surface area is 129 Å². The van der Waals surface area contributed by atoms with Crippen LogP contribution in [0.25, 0.3) is 21.7 Å². The molecule has 3 heteroatoms. The smallest absolute Gasteiger partial charge is 0.111 e. The van der Waals surface area contributed by atoms with Gasteiger partial charge in [-0.15, -0.1) is 11.3 Å². The highest BCUT2D eigenvalue weighted by Gasteiger charge is 2.17. The maximum Gasteiger partial charge on any atom is 0.111 e. The van der Waals surface area contributed by atoms with Crippen molar-refractivity contribution in [3.63, 3.8) is 0 Å². The van der Waals surface area contributed by atoms with Crippen molar-refractivity contribution in [2.24, 2.45) is 5.73 Å². The molecule has 0 bridgehead atoms. The van der Waals surface area contributed by atoms with Crippen molar-refractivity contribution in [3.05, 3.63) is 65.7 Å². The second kappa shape index (κ2) is 6.20. The van der Waals surface area contributed by atoms with Gasteiger partial charge in [-0.1, -0.05) is 67.6 Å². The summed E-state index contributed by atoms with van der Waals surface area (Å²) in [5.41, 5.74) is 9.55. The summed E-state index contributed by atoms with van der Waals surface area (Å²) in [6.45, 7) is 2.09. The van der Waals surface area contributed by atoms with Crippen LogP contribution in [0, 0.1) is 0 Å². The molecule has 0 aliphatic carbocycles. The van der Waals surface area contributed by atoms with Crippen LogP contribution in [0.15, 0.2) is 60.7 Å². The van der Waals surface area contributed by atoms with Crippen molar-refractivity contribution in [1.29, 1.82) is 0 Å². The molecule has 0 aliphatic heterocycles. The molecule has 106 valence electrons. The lowest BCUT2D eigenvalue weighted by atomic mass is 10.1. The Morgan fingerprint density at radius 2 is 1.52 bits per heavy atom. The van der Waals surface area contributed by atoms with E-state index in [0.29, 0.717) is 0 Å². The average molecular weight is 294 g/mol. The first kappa shape index (κ1) is 14.0. The molecule has 0 spiro atoms. The molecule has 1 unspecified atom stereocenters. The van der Waals surface area contributed by atoms with Gasteiger partial charge in [-0.05, 0) is 12.0 Å². The van der Waals surface area contributed by atoms with Gasteiger partial charge in [-0.2, -0.15) is 0 Å². The summed E-state index contributed by atoms with van der Waals surface area (Å²) in [7, 11) is 0. The summed E-state index contributed by atoms with van der Waals surface area (Å²) in [5.74, 6) is 0. The van der Waals surface area contributed by atoms with E-state index in [1.807, 2.05) is 24.3 Å². The molecule has 3 rings (SSSR count). The van der Waals surface area contributed by atoms with Crippen LogP contribution in [0.3, 0.4) is 0 Å². The zero-order valence-corrected chi connectivity index (χ0v) is 12.8. The number of hydrogen-bond acceptors (Lipinski definition) is 3. The quantitative estimate of drug-likeness (QED) is 0.744. The third kappa shape index (κ3) is 2.89. The molecule has 0 saturated carbocycles. The fourth-order valence-corrected chi connectivity index (χ4v) is 3.42. The second-order valence-corrected chi connectivity index (χ2v) is 6.01. The minimum Gasteiger partial charge on any atom is -0.322 e. The van der Waals surface area contributed by atoms with Crippen LogP contribution >= 0.6 is 11.3 Å². The molecule has 21 heavy (non-hydrogen) atoms. The lowest BCUT2D eigenvalue weighted by Crippen LogP contribution is -2.07. The predicted molar refractivity (Wildman–Crippen MR) is 90.2 cm³/mol. The van der Waals surface area contributed by atoms with E-state index in [9.17, 15) is 0 Å². The molecule has 0 amide bonds. The Kier molecular flexibility index (Phi) is 4.13. The second-order valence-electron chi connectivity index (χ2n) is 4.98. The lowest BCUT2D eigenvalue weighted by molar-refractivity contribution is 0.693. The number of nitrogens with two attached hydrogens (primary N) is 1. The third-order valence-electron chi connectivity index (χ3n) is 3.48. The van der Waals surface area contributed by atoms with Gasteiger partial charge in [0.2, 0.25) is 0 Å². The molecule has 0 fully saturated rings. The first-order valence-corrected chi connectivity index (χ1v) is 7.98. The van der Waals surface area contributed by atoms with Crippen LogP contribution in [0.1, 0.15) is 24.4 Å². The summed E-state index contributed by atoms with van der Waals surface area (Å²) in [6.07, 6.45) is 0.899. The number of nitrogens with zero attached hydrogens (tertiary/aromatic N) is 1. The Bertz CT molecular complexity index is 648. The van der Waals surface area contributed by atoms with Crippen molar-refractivity contribution in [2.75, 3.05) is 0 Å². The number of rotatable bonds is 4. The van der Waals surface area contributed by atoms with E-state index in [1.54, 1.807) is 11.3 Å². The van der Waals surface area contributed by atoms with E-state index in [4.69, 9.17) is 10.7 Å². The van der Waals surface area contributed by atoms with Gasteiger partial charge in [-0.25, -0.2) is 4.98 Å². The summed E-state index contributed by atoms with van der Waals surface area (Å²) < 4.78 is 0. The van der Waals surface area contributed by atoms with Crippen LogP contribution in [-0.2, 0) is 0 Å². The highest BCUT2D eigenvalue weighted by atomic mass is 32.1. The molecule has 2 N–H and O–H groups in total. The third-order valence-corrected chi connectivity index (χ3v) is 4.72. The van der Waals surface area contributed by atoms with Crippen molar-refractivity contribution < 1.29 is 0 Å². The normalized spacial score (nSPS) is 12.3. The van der Waals surface area contributed by atoms with Gasteiger partial charge in [0.15, 0.2) is 0 Å². The molecule has 0 radical (unpaired) electrons. The Hall–Kier alpha value is -1.97. The first-order chi connectivity index (χ1) is 10.3. The summed E-state index contributed by atoms with van der Waals surface area (Å²) in [6, 6.07) is 20.7. The molecule has 1 aromatic heterocycles. The highest BCUT2D eigenvalue weighted by molar-refractivity contribution is 7.15. The number of thiazole rings is 1. The van der Waals surface area contributed by atoms with Crippen LogP contribution in [0.4, 0.5) is 0 Å². The standard InChI is InChI=1S/C18H18N2S/c1-2-15(19)18-20-16(13-9-5-3-6-10-13)17(21-18)14-11-7-4-8-12-14/h3-12,15H,2,19H2,1H3. The topological polar surface area (TPSA) is 38.9 Å². The minimum atomic E-state index is 0.00919. The van der Waals surface area contributed by atoms with Crippen molar-refractivity contribution in [2.45, 2.75) is 19.4 Å². The molecule has 3 aromatic rings. The average Bonchev–Trinajstić information content (AvgIpc) is 3.01. The fraction of sp³-hybridized carbons (Fsp3) is 0.167. The molecular formula is C18H18N2S. The minimum absolute atomic E-state index is 0.00919. The number of hydrogen-bond donors (Lipinski definition) is 1. The maximum atomic E-state index is 6.18. The highest BCUT2D eigenvalue weighted by Crippen LogP contribution is 2.38. The van der Waals surface area contributed by atoms with Gasteiger partial charge < -0.3 is 5.73 Å². The van der Waals surface area contributed by atoms with Gasteiger partial charge in [0.05, 0.1) is 16.6 Å². The van der Waals surface area contributed by atoms with Crippen LogP contribution < -0.4 is 5.73 Å². The van der Waals surface area contributed by atoms with Gasteiger partial charge in [0, 0.05) is 5.56 Å². The maximum absolute atomic E-state index is 6.18. The molecule has 2 aromatic carbocycles. The van der Waals surface area contributed by atoms with E-state index in [0.717, 1.165) is 22.7 Å². The molecule has 2 nitrogen and oxygen atoms in total. The van der Waals surface area contributed by atoms with Crippen molar-refractivity contribution in [3.8, 4) is 21.7 Å². The largest absolute Gasteiger partial charge is 0.322 e. The molecule has 1 heterocycles. The summed E-state index contributed by atoms with van der Waals surface area (Å²) >= 11 is 1.70. The van der Waals surface area contributed by atoms with E-state index < -0.39 is 0 Å². The first-order valence-electron chi connectivity index (χ1n) is 7.16. The molecule has 0 aliphatic rings. The Morgan fingerprint density at radius 1 is 0.952 bits per heavy atom. The van der Waals surface area contributed by atoms with Gasteiger partial charge in [-0.3, -0.25) is 0 Å². The zero-order valence-electron chi connectivity index (χ0n) is 12.0. The molecular weight excluding hydrogens is 276 g/mol. The van der Waals surface area contributed by atoms with E-state index >= 15 is 0 Å². The molecule has 0 saturated heterocycles.